The molecule has 0 saturated carbocycles. The molecule has 1 aliphatic heterocycles. The minimum absolute atomic E-state index is 0.148. The van der Waals surface area contributed by atoms with Crippen molar-refractivity contribution in [3.05, 3.63) is 42.2 Å². The number of ether oxygens (including phenoxy) is 3. The van der Waals surface area contributed by atoms with Crippen LogP contribution in [-0.4, -0.2) is 36.9 Å². The Morgan fingerprint density at radius 1 is 1.19 bits per heavy atom. The van der Waals surface area contributed by atoms with E-state index in [2.05, 4.69) is 15.6 Å². The van der Waals surface area contributed by atoms with Crippen molar-refractivity contribution in [2.75, 3.05) is 19.5 Å². The first-order valence-corrected chi connectivity index (χ1v) is 8.07. The van der Waals surface area contributed by atoms with Crippen molar-refractivity contribution in [2.45, 2.75) is 19.6 Å². The predicted molar refractivity (Wildman–Crippen MR) is 94.5 cm³/mol. The summed E-state index contributed by atoms with van der Waals surface area (Å²) in [5.41, 5.74) is 1.02. The van der Waals surface area contributed by atoms with Crippen LogP contribution in [-0.2, 0) is 19.1 Å². The van der Waals surface area contributed by atoms with Crippen LogP contribution in [0.15, 0.2) is 46.6 Å². The molecule has 9 heteroatoms. The average Bonchev–Trinajstić information content (AvgIpc) is 3.13. The lowest BCUT2D eigenvalue weighted by molar-refractivity contribution is -0.222. The molecule has 0 spiro atoms. The highest BCUT2D eigenvalue weighted by Gasteiger charge is 2.41. The van der Waals surface area contributed by atoms with Gasteiger partial charge >= 0.3 is 11.9 Å². The molecule has 0 unspecified atom stereocenters. The number of nitrogens with one attached hydrogen (secondary N) is 2. The van der Waals surface area contributed by atoms with E-state index in [1.165, 1.54) is 27.4 Å². The number of esters is 2. The van der Waals surface area contributed by atoms with Crippen LogP contribution < -0.4 is 15.4 Å². The van der Waals surface area contributed by atoms with Crippen molar-refractivity contribution in [3.8, 4) is 17.1 Å². The lowest BCUT2D eigenvalue weighted by Crippen LogP contribution is -2.43. The van der Waals surface area contributed by atoms with Gasteiger partial charge in [-0.15, -0.1) is 0 Å². The molecule has 0 bridgehead atoms. The molecule has 27 heavy (non-hydrogen) atoms. The number of anilines is 1. The minimum atomic E-state index is -1.31. The maximum absolute atomic E-state index is 12.2. The molecule has 3 rings (SSSR count). The summed E-state index contributed by atoms with van der Waals surface area (Å²) in [5.74, 6) is -1.65. The first kappa shape index (κ1) is 18.3. The molecule has 2 aromatic rings. The topological polar surface area (TPSA) is 112 Å². The van der Waals surface area contributed by atoms with Gasteiger partial charge in [-0.1, -0.05) is 0 Å². The van der Waals surface area contributed by atoms with E-state index < -0.39 is 17.7 Å². The number of carbonyl (C=O) groups excluding carboxylic acids is 2. The number of rotatable bonds is 5. The van der Waals surface area contributed by atoms with Crippen LogP contribution in [0, 0.1) is 0 Å². The van der Waals surface area contributed by atoms with E-state index in [1.807, 2.05) is 0 Å². The first-order chi connectivity index (χ1) is 12.8. The molecule has 1 fully saturated rings. The van der Waals surface area contributed by atoms with Gasteiger partial charge in [0.2, 0.25) is 0 Å². The van der Waals surface area contributed by atoms with E-state index in [4.69, 9.17) is 18.6 Å². The zero-order valence-corrected chi connectivity index (χ0v) is 15.3. The third-order valence-electron chi connectivity index (χ3n) is 3.75. The molecule has 2 heterocycles. The molecule has 1 saturated heterocycles. The van der Waals surface area contributed by atoms with Crippen molar-refractivity contribution < 1.29 is 28.2 Å². The number of aromatic nitrogens is 1. The molecule has 142 valence electrons. The first-order valence-electron chi connectivity index (χ1n) is 8.07. The Kier molecular flexibility index (Phi) is 4.76. The second-order valence-electron chi connectivity index (χ2n) is 6.08. The van der Waals surface area contributed by atoms with E-state index in [-0.39, 0.29) is 11.4 Å². The Bertz CT molecular complexity index is 880. The Morgan fingerprint density at radius 2 is 1.89 bits per heavy atom. The Balaban J connectivity index is 1.93. The van der Waals surface area contributed by atoms with Gasteiger partial charge in [0.1, 0.15) is 11.6 Å². The van der Waals surface area contributed by atoms with Gasteiger partial charge in [-0.25, -0.2) is 14.6 Å². The van der Waals surface area contributed by atoms with Gasteiger partial charge in [-0.3, -0.25) is 0 Å². The number of hydrogen-bond acceptors (Lipinski definition) is 9. The summed E-state index contributed by atoms with van der Waals surface area (Å²) in [4.78, 5) is 28.4. The van der Waals surface area contributed by atoms with Crippen molar-refractivity contribution in [2.24, 2.45) is 0 Å². The molecule has 1 aliphatic rings. The maximum atomic E-state index is 12.2. The second kappa shape index (κ2) is 7.02. The number of oxazole rings is 1. The summed E-state index contributed by atoms with van der Waals surface area (Å²) < 4.78 is 20.9. The fourth-order valence-electron chi connectivity index (χ4n) is 2.57. The van der Waals surface area contributed by atoms with Crippen molar-refractivity contribution >= 4 is 17.6 Å². The van der Waals surface area contributed by atoms with Crippen LogP contribution in [0.2, 0.25) is 0 Å². The molecule has 2 N–H and O–H groups in total. The Hall–Kier alpha value is -3.49. The van der Waals surface area contributed by atoms with Crippen LogP contribution in [0.1, 0.15) is 13.8 Å². The van der Waals surface area contributed by atoms with E-state index >= 15 is 0 Å². The van der Waals surface area contributed by atoms with Gasteiger partial charge in [-0.2, -0.15) is 0 Å². The largest absolute Gasteiger partial charge is 0.496 e. The Morgan fingerprint density at radius 3 is 2.44 bits per heavy atom. The van der Waals surface area contributed by atoms with Gasteiger partial charge in [0, 0.05) is 32.6 Å². The smallest absolute Gasteiger partial charge is 0.352 e. The monoisotopic (exact) mass is 373 g/mol. The number of methoxy groups -OCH3 is 1. The summed E-state index contributed by atoms with van der Waals surface area (Å²) in [5, 5.41) is 5.76. The highest BCUT2D eigenvalue weighted by atomic mass is 16.7. The van der Waals surface area contributed by atoms with Crippen LogP contribution in [0.4, 0.5) is 5.69 Å². The molecule has 0 atom stereocenters. The van der Waals surface area contributed by atoms with E-state index in [0.717, 1.165) is 0 Å². The van der Waals surface area contributed by atoms with E-state index in [0.29, 0.717) is 22.8 Å². The van der Waals surface area contributed by atoms with Crippen molar-refractivity contribution in [1.29, 1.82) is 0 Å². The number of carbonyl (C=O) groups is 2. The number of hydrogen-bond donors (Lipinski definition) is 2. The summed E-state index contributed by atoms with van der Waals surface area (Å²) >= 11 is 0. The highest BCUT2D eigenvalue weighted by Crippen LogP contribution is 2.33. The molecular weight excluding hydrogens is 354 g/mol. The highest BCUT2D eigenvalue weighted by molar-refractivity contribution is 6.16. The lowest BCUT2D eigenvalue weighted by atomic mass is 10.1. The number of benzene rings is 1. The van der Waals surface area contributed by atoms with E-state index in [1.54, 1.807) is 31.4 Å². The summed E-state index contributed by atoms with van der Waals surface area (Å²) in [7, 11) is 3.09. The van der Waals surface area contributed by atoms with Gasteiger partial charge < -0.3 is 29.3 Å². The average molecular weight is 373 g/mol. The molecule has 9 nitrogen and oxygen atoms in total. The predicted octanol–water partition coefficient (Wildman–Crippen LogP) is 2.03. The maximum Gasteiger partial charge on any atom is 0.352 e. The van der Waals surface area contributed by atoms with E-state index in [9.17, 15) is 9.59 Å². The standard InChI is InChI=1S/C18H19N3O6/c1-18(2)26-16(22)14(17(23)27-18)15(19-3)21-10-5-6-11(12(7-10)24-4)13-8-20-9-25-13/h5-9,19,21H,1-4H3. The van der Waals surface area contributed by atoms with Crippen LogP contribution >= 0.6 is 0 Å². The normalized spacial score (nSPS) is 15.6. The van der Waals surface area contributed by atoms with Gasteiger partial charge in [-0.05, 0) is 12.1 Å². The zero-order chi connectivity index (χ0) is 19.6. The second-order valence-corrected chi connectivity index (χ2v) is 6.08. The van der Waals surface area contributed by atoms with Crippen LogP contribution in [0.25, 0.3) is 11.3 Å². The SMILES string of the molecule is CNC(Nc1ccc(-c2cnco2)c(OC)c1)=C1C(=O)OC(C)(C)OC1=O. The van der Waals surface area contributed by atoms with Gasteiger partial charge in [0.05, 0.1) is 18.9 Å². The van der Waals surface area contributed by atoms with Crippen LogP contribution in [0.5, 0.6) is 5.75 Å². The molecule has 0 aliphatic carbocycles. The zero-order valence-electron chi connectivity index (χ0n) is 15.3. The van der Waals surface area contributed by atoms with Crippen molar-refractivity contribution in [1.82, 2.24) is 10.3 Å². The van der Waals surface area contributed by atoms with Crippen molar-refractivity contribution in [3.63, 3.8) is 0 Å². The number of nitrogens with zero attached hydrogens (tertiary/aromatic N) is 1. The van der Waals surface area contributed by atoms with Gasteiger partial charge in [0.15, 0.2) is 17.7 Å². The summed E-state index contributed by atoms with van der Waals surface area (Å²) in [6.45, 7) is 2.97. The summed E-state index contributed by atoms with van der Waals surface area (Å²) in [6, 6.07) is 5.20. The molecular formula is C18H19N3O6. The molecule has 1 aromatic heterocycles. The molecule has 0 radical (unpaired) electrons. The number of cyclic esters (lactones) is 2. The van der Waals surface area contributed by atoms with Gasteiger partial charge in [0.25, 0.3) is 5.79 Å². The lowest BCUT2D eigenvalue weighted by Gasteiger charge is -2.30. The third-order valence-corrected chi connectivity index (χ3v) is 3.75. The molecule has 1 aromatic carbocycles. The quantitative estimate of drug-likeness (QED) is 0.462. The fraction of sp³-hybridized carbons (Fsp3) is 0.278. The Labute approximate surface area is 155 Å². The third kappa shape index (κ3) is 3.71. The molecule has 0 amide bonds. The van der Waals surface area contributed by atoms with Crippen LogP contribution in [0.3, 0.4) is 0 Å². The fourth-order valence-corrected chi connectivity index (χ4v) is 2.57. The minimum Gasteiger partial charge on any atom is -0.496 e. The summed E-state index contributed by atoms with van der Waals surface area (Å²) in [6.07, 6.45) is 2.90.